The van der Waals surface area contributed by atoms with Crippen LogP contribution >= 0.6 is 0 Å². The van der Waals surface area contributed by atoms with Crippen LogP contribution in [0.4, 0.5) is 18.9 Å². The number of ether oxygens (including phenoxy) is 2. The molecule has 1 aromatic carbocycles. The van der Waals surface area contributed by atoms with Crippen LogP contribution in [0, 0.1) is 0 Å². The minimum atomic E-state index is -4.30. The Labute approximate surface area is 109 Å². The average molecular weight is 275 g/mol. The highest BCUT2D eigenvalue weighted by Gasteiger charge is 2.35. The van der Waals surface area contributed by atoms with Crippen LogP contribution in [0.15, 0.2) is 24.3 Å². The standard InChI is InChI=1S/C13H16F3NO2/c1-18-12(6-7-19-9-12)8-17-11-4-2-10(3-5-11)13(14,15)16/h2-5,17H,6-9H2,1H3. The van der Waals surface area contributed by atoms with Crippen LogP contribution in [0.5, 0.6) is 0 Å². The number of benzene rings is 1. The molecule has 1 unspecified atom stereocenters. The Bertz CT molecular complexity index is 411. The van der Waals surface area contributed by atoms with E-state index in [1.54, 1.807) is 7.11 Å². The minimum absolute atomic E-state index is 0.386. The van der Waals surface area contributed by atoms with Crippen molar-refractivity contribution in [3.05, 3.63) is 29.8 Å². The smallest absolute Gasteiger partial charge is 0.382 e. The molecular weight excluding hydrogens is 259 g/mol. The van der Waals surface area contributed by atoms with E-state index < -0.39 is 11.7 Å². The van der Waals surface area contributed by atoms with Gasteiger partial charge in [-0.1, -0.05) is 0 Å². The monoisotopic (exact) mass is 275 g/mol. The predicted molar refractivity (Wildman–Crippen MR) is 65.1 cm³/mol. The molecule has 1 fully saturated rings. The average Bonchev–Trinajstić information content (AvgIpc) is 2.85. The largest absolute Gasteiger partial charge is 0.416 e. The van der Waals surface area contributed by atoms with Crippen LogP contribution in [-0.4, -0.2) is 32.5 Å². The van der Waals surface area contributed by atoms with Crippen molar-refractivity contribution < 1.29 is 22.6 Å². The lowest BCUT2D eigenvalue weighted by atomic mass is 10.0. The number of hydrogen-bond donors (Lipinski definition) is 1. The van der Waals surface area contributed by atoms with Crippen molar-refractivity contribution in [2.24, 2.45) is 0 Å². The van der Waals surface area contributed by atoms with E-state index in [2.05, 4.69) is 5.32 Å². The number of anilines is 1. The number of alkyl halides is 3. The van der Waals surface area contributed by atoms with Gasteiger partial charge in [-0.05, 0) is 24.3 Å². The van der Waals surface area contributed by atoms with Crippen molar-refractivity contribution in [2.75, 3.05) is 32.2 Å². The summed E-state index contributed by atoms with van der Waals surface area (Å²) in [6.07, 6.45) is -3.53. The minimum Gasteiger partial charge on any atom is -0.382 e. The topological polar surface area (TPSA) is 30.5 Å². The molecule has 0 amide bonds. The summed E-state index contributed by atoms with van der Waals surface area (Å²) >= 11 is 0. The van der Waals surface area contributed by atoms with Crippen molar-refractivity contribution in [1.29, 1.82) is 0 Å². The van der Waals surface area contributed by atoms with E-state index in [4.69, 9.17) is 9.47 Å². The molecule has 19 heavy (non-hydrogen) atoms. The summed E-state index contributed by atoms with van der Waals surface area (Å²) in [5.74, 6) is 0. The van der Waals surface area contributed by atoms with E-state index in [-0.39, 0.29) is 5.60 Å². The molecule has 6 heteroatoms. The molecule has 106 valence electrons. The lowest BCUT2D eigenvalue weighted by Crippen LogP contribution is -2.39. The molecule has 1 N–H and O–H groups in total. The van der Waals surface area contributed by atoms with E-state index in [0.29, 0.717) is 25.4 Å². The van der Waals surface area contributed by atoms with Crippen LogP contribution in [-0.2, 0) is 15.7 Å². The van der Waals surface area contributed by atoms with Crippen LogP contribution in [0.1, 0.15) is 12.0 Å². The van der Waals surface area contributed by atoms with E-state index in [1.165, 1.54) is 12.1 Å². The van der Waals surface area contributed by atoms with Crippen LogP contribution in [0.2, 0.25) is 0 Å². The van der Waals surface area contributed by atoms with Crippen molar-refractivity contribution in [2.45, 2.75) is 18.2 Å². The molecule has 0 radical (unpaired) electrons. The number of hydrogen-bond acceptors (Lipinski definition) is 3. The molecule has 1 aliphatic rings. The third kappa shape index (κ3) is 3.39. The highest BCUT2D eigenvalue weighted by atomic mass is 19.4. The molecule has 1 saturated heterocycles. The Morgan fingerprint density at radius 1 is 1.32 bits per heavy atom. The molecule has 0 saturated carbocycles. The number of nitrogens with one attached hydrogen (secondary N) is 1. The Morgan fingerprint density at radius 2 is 2.00 bits per heavy atom. The van der Waals surface area contributed by atoms with Gasteiger partial charge in [0.15, 0.2) is 0 Å². The Morgan fingerprint density at radius 3 is 2.47 bits per heavy atom. The lowest BCUT2D eigenvalue weighted by molar-refractivity contribution is -0.137. The maximum Gasteiger partial charge on any atom is 0.416 e. The SMILES string of the molecule is COC1(CNc2ccc(C(F)(F)F)cc2)CCOC1. The van der Waals surface area contributed by atoms with Gasteiger partial charge < -0.3 is 14.8 Å². The van der Waals surface area contributed by atoms with Crippen LogP contribution in [0.25, 0.3) is 0 Å². The molecule has 1 atom stereocenters. The number of rotatable bonds is 4. The van der Waals surface area contributed by atoms with Crippen molar-refractivity contribution in [1.82, 2.24) is 0 Å². The van der Waals surface area contributed by atoms with Crippen molar-refractivity contribution in [3.63, 3.8) is 0 Å². The predicted octanol–water partition coefficient (Wildman–Crippen LogP) is 2.92. The summed E-state index contributed by atoms with van der Waals surface area (Å²) in [7, 11) is 1.61. The van der Waals surface area contributed by atoms with Gasteiger partial charge in [0.05, 0.1) is 12.2 Å². The van der Waals surface area contributed by atoms with Crippen LogP contribution < -0.4 is 5.32 Å². The normalized spacial score (nSPS) is 23.6. The molecule has 2 rings (SSSR count). The zero-order valence-electron chi connectivity index (χ0n) is 10.6. The van der Waals surface area contributed by atoms with Gasteiger partial charge in [0.2, 0.25) is 0 Å². The second kappa shape index (κ2) is 5.38. The molecule has 1 heterocycles. The first kappa shape index (κ1) is 14.1. The fourth-order valence-corrected chi connectivity index (χ4v) is 2.00. The van der Waals surface area contributed by atoms with Gasteiger partial charge >= 0.3 is 6.18 Å². The van der Waals surface area contributed by atoms with E-state index >= 15 is 0 Å². The Hall–Kier alpha value is -1.27. The molecule has 3 nitrogen and oxygen atoms in total. The van der Waals surface area contributed by atoms with Gasteiger partial charge in [0.1, 0.15) is 5.60 Å². The Balaban J connectivity index is 1.96. The highest BCUT2D eigenvalue weighted by Crippen LogP contribution is 2.30. The lowest BCUT2D eigenvalue weighted by Gasteiger charge is -2.26. The molecule has 0 spiro atoms. The van der Waals surface area contributed by atoms with E-state index in [9.17, 15) is 13.2 Å². The Kier molecular flexibility index (Phi) is 4.01. The first-order valence-corrected chi connectivity index (χ1v) is 5.99. The van der Waals surface area contributed by atoms with Crippen molar-refractivity contribution >= 4 is 5.69 Å². The summed E-state index contributed by atoms with van der Waals surface area (Å²) in [4.78, 5) is 0. The second-order valence-corrected chi connectivity index (χ2v) is 4.62. The summed E-state index contributed by atoms with van der Waals surface area (Å²) < 4.78 is 48.0. The quantitative estimate of drug-likeness (QED) is 0.916. The summed E-state index contributed by atoms with van der Waals surface area (Å²) in [5.41, 5.74) is -0.400. The summed E-state index contributed by atoms with van der Waals surface area (Å²) in [6, 6.07) is 4.96. The van der Waals surface area contributed by atoms with Gasteiger partial charge in [0.25, 0.3) is 0 Å². The molecule has 0 bridgehead atoms. The molecule has 1 aromatic rings. The fraction of sp³-hybridized carbons (Fsp3) is 0.538. The first-order chi connectivity index (χ1) is 8.95. The fourth-order valence-electron chi connectivity index (χ4n) is 2.00. The van der Waals surface area contributed by atoms with Crippen LogP contribution in [0.3, 0.4) is 0 Å². The van der Waals surface area contributed by atoms with E-state index in [1.807, 2.05) is 0 Å². The molecule has 0 aliphatic carbocycles. The molecule has 0 aromatic heterocycles. The maximum absolute atomic E-state index is 12.4. The molecular formula is C13H16F3NO2. The number of halogens is 3. The summed E-state index contributed by atoms with van der Waals surface area (Å²) in [5, 5.41) is 3.08. The number of methoxy groups -OCH3 is 1. The van der Waals surface area contributed by atoms with Gasteiger partial charge in [-0.25, -0.2) is 0 Å². The summed E-state index contributed by atoms with van der Waals surface area (Å²) in [6.45, 7) is 1.65. The molecule has 1 aliphatic heterocycles. The van der Waals surface area contributed by atoms with Gasteiger partial charge in [-0.2, -0.15) is 13.2 Å². The zero-order valence-corrected chi connectivity index (χ0v) is 10.6. The second-order valence-electron chi connectivity index (χ2n) is 4.62. The van der Waals surface area contributed by atoms with Crippen molar-refractivity contribution in [3.8, 4) is 0 Å². The maximum atomic E-state index is 12.4. The first-order valence-electron chi connectivity index (χ1n) is 5.99. The highest BCUT2D eigenvalue weighted by molar-refractivity contribution is 5.45. The van der Waals surface area contributed by atoms with Gasteiger partial charge in [-0.15, -0.1) is 0 Å². The third-order valence-electron chi connectivity index (χ3n) is 3.33. The van der Waals surface area contributed by atoms with E-state index in [0.717, 1.165) is 18.6 Å². The zero-order chi connectivity index (χ0) is 13.9. The third-order valence-corrected chi connectivity index (χ3v) is 3.33. The van der Waals surface area contributed by atoms with Gasteiger partial charge in [-0.3, -0.25) is 0 Å². The van der Waals surface area contributed by atoms with Gasteiger partial charge in [0, 0.05) is 32.4 Å².